The zero-order chi connectivity index (χ0) is 14.9. The smallest absolute Gasteiger partial charge is 0.124 e. The number of benzene rings is 1. The van der Waals surface area contributed by atoms with Crippen molar-refractivity contribution in [2.24, 2.45) is 0 Å². The average Bonchev–Trinajstić information content (AvgIpc) is 2.54. The Bertz CT molecular complexity index is 427. The van der Waals surface area contributed by atoms with Crippen molar-refractivity contribution < 1.29 is 4.74 Å². The number of piperidine rings is 1. The van der Waals surface area contributed by atoms with Gasteiger partial charge in [0.15, 0.2) is 0 Å². The fourth-order valence-electron chi connectivity index (χ4n) is 2.84. The fourth-order valence-corrected chi connectivity index (χ4v) is 2.84. The largest absolute Gasteiger partial charge is 0.489 e. The highest BCUT2D eigenvalue weighted by atomic mass is 16.5. The van der Waals surface area contributed by atoms with Crippen LogP contribution in [0.3, 0.4) is 0 Å². The van der Waals surface area contributed by atoms with E-state index in [0.717, 1.165) is 18.8 Å². The first kappa shape index (κ1) is 16.1. The summed E-state index contributed by atoms with van der Waals surface area (Å²) in [5, 5.41) is 3.57. The van der Waals surface area contributed by atoms with Crippen LogP contribution in [0.5, 0.6) is 5.75 Å². The SMILES string of the molecule is C=CCOc1ccccc1CNCC(C)N1CCCCC1. The van der Waals surface area contributed by atoms with E-state index in [9.17, 15) is 0 Å². The van der Waals surface area contributed by atoms with Gasteiger partial charge in [-0.15, -0.1) is 0 Å². The summed E-state index contributed by atoms with van der Waals surface area (Å²) in [5.74, 6) is 0.954. The molecule has 0 amide bonds. The number of para-hydroxylation sites is 1. The van der Waals surface area contributed by atoms with Gasteiger partial charge in [0.1, 0.15) is 12.4 Å². The minimum absolute atomic E-state index is 0.557. The molecule has 116 valence electrons. The molecular formula is C18H28N2O. The van der Waals surface area contributed by atoms with Gasteiger partial charge in [0.05, 0.1) is 0 Å². The van der Waals surface area contributed by atoms with E-state index in [1.54, 1.807) is 6.08 Å². The third-order valence-corrected chi connectivity index (χ3v) is 4.10. The van der Waals surface area contributed by atoms with Gasteiger partial charge in [-0.2, -0.15) is 0 Å². The normalized spacial score (nSPS) is 17.4. The maximum Gasteiger partial charge on any atom is 0.124 e. The Labute approximate surface area is 129 Å². The van der Waals surface area contributed by atoms with Crippen LogP contribution in [0.15, 0.2) is 36.9 Å². The summed E-state index contributed by atoms with van der Waals surface area (Å²) in [6, 6.07) is 8.82. The van der Waals surface area contributed by atoms with Crippen molar-refractivity contribution in [3.8, 4) is 5.75 Å². The molecular weight excluding hydrogens is 260 g/mol. The lowest BCUT2D eigenvalue weighted by atomic mass is 10.1. The van der Waals surface area contributed by atoms with Gasteiger partial charge in [0.2, 0.25) is 0 Å². The van der Waals surface area contributed by atoms with Crippen molar-refractivity contribution in [2.75, 3.05) is 26.2 Å². The summed E-state index contributed by atoms with van der Waals surface area (Å²) in [6.45, 7) is 11.0. The average molecular weight is 288 g/mol. The lowest BCUT2D eigenvalue weighted by Crippen LogP contribution is -2.42. The molecule has 1 fully saturated rings. The predicted molar refractivity (Wildman–Crippen MR) is 88.7 cm³/mol. The van der Waals surface area contributed by atoms with E-state index in [0.29, 0.717) is 12.6 Å². The number of nitrogens with zero attached hydrogens (tertiary/aromatic N) is 1. The molecule has 1 atom stereocenters. The predicted octanol–water partition coefficient (Wildman–Crippen LogP) is 3.22. The number of rotatable bonds is 8. The Hall–Kier alpha value is -1.32. The van der Waals surface area contributed by atoms with Crippen LogP contribution in [0.25, 0.3) is 0 Å². The third kappa shape index (κ3) is 5.18. The van der Waals surface area contributed by atoms with Gasteiger partial charge in [-0.1, -0.05) is 37.3 Å². The molecule has 1 N–H and O–H groups in total. The zero-order valence-corrected chi connectivity index (χ0v) is 13.2. The summed E-state index contributed by atoms with van der Waals surface area (Å²) in [6.07, 6.45) is 5.87. The summed E-state index contributed by atoms with van der Waals surface area (Å²) < 4.78 is 5.69. The maximum atomic E-state index is 5.69. The first-order valence-electron chi connectivity index (χ1n) is 8.07. The molecule has 0 aliphatic carbocycles. The number of hydrogen-bond acceptors (Lipinski definition) is 3. The molecule has 21 heavy (non-hydrogen) atoms. The third-order valence-electron chi connectivity index (χ3n) is 4.10. The molecule has 3 heteroatoms. The Morgan fingerprint density at radius 2 is 2.05 bits per heavy atom. The first-order valence-corrected chi connectivity index (χ1v) is 8.07. The van der Waals surface area contributed by atoms with Gasteiger partial charge in [-0.05, 0) is 38.9 Å². The number of nitrogens with one attached hydrogen (secondary N) is 1. The van der Waals surface area contributed by atoms with Gasteiger partial charge in [-0.3, -0.25) is 4.90 Å². The number of likely N-dealkylation sites (tertiary alicyclic amines) is 1. The van der Waals surface area contributed by atoms with Crippen LogP contribution in [0.4, 0.5) is 0 Å². The van der Waals surface area contributed by atoms with E-state index >= 15 is 0 Å². The van der Waals surface area contributed by atoms with Gasteiger partial charge in [-0.25, -0.2) is 0 Å². The molecule has 0 radical (unpaired) electrons. The Morgan fingerprint density at radius 3 is 2.81 bits per heavy atom. The van der Waals surface area contributed by atoms with Crippen LogP contribution in [-0.2, 0) is 6.54 Å². The Kier molecular flexibility index (Phi) is 6.77. The van der Waals surface area contributed by atoms with E-state index in [4.69, 9.17) is 4.74 Å². The summed E-state index contributed by atoms with van der Waals surface area (Å²) in [7, 11) is 0. The van der Waals surface area contributed by atoms with Crippen molar-refractivity contribution in [1.29, 1.82) is 0 Å². The molecule has 3 nitrogen and oxygen atoms in total. The van der Waals surface area contributed by atoms with Gasteiger partial charge in [0, 0.05) is 24.7 Å². The summed E-state index contributed by atoms with van der Waals surface area (Å²) in [5.41, 5.74) is 1.21. The summed E-state index contributed by atoms with van der Waals surface area (Å²) in [4.78, 5) is 2.59. The maximum absolute atomic E-state index is 5.69. The van der Waals surface area contributed by atoms with E-state index in [1.165, 1.54) is 37.9 Å². The number of hydrogen-bond donors (Lipinski definition) is 1. The quantitative estimate of drug-likeness (QED) is 0.743. The van der Waals surface area contributed by atoms with Crippen molar-refractivity contribution in [1.82, 2.24) is 10.2 Å². The van der Waals surface area contributed by atoms with Crippen LogP contribution in [0.1, 0.15) is 31.7 Å². The highest BCUT2D eigenvalue weighted by Gasteiger charge is 2.16. The van der Waals surface area contributed by atoms with Crippen molar-refractivity contribution in [3.63, 3.8) is 0 Å². The lowest BCUT2D eigenvalue weighted by molar-refractivity contribution is 0.170. The van der Waals surface area contributed by atoms with Gasteiger partial charge in [0.25, 0.3) is 0 Å². The molecule has 1 unspecified atom stereocenters. The van der Waals surface area contributed by atoms with Crippen LogP contribution < -0.4 is 10.1 Å². The molecule has 1 aromatic carbocycles. The zero-order valence-electron chi connectivity index (χ0n) is 13.2. The van der Waals surface area contributed by atoms with Crippen LogP contribution in [0.2, 0.25) is 0 Å². The van der Waals surface area contributed by atoms with E-state index in [-0.39, 0.29) is 0 Å². The van der Waals surface area contributed by atoms with Gasteiger partial charge < -0.3 is 10.1 Å². The Balaban J connectivity index is 1.78. The molecule has 0 spiro atoms. The van der Waals surface area contributed by atoms with Crippen LogP contribution in [0, 0.1) is 0 Å². The second kappa shape index (κ2) is 8.85. The van der Waals surface area contributed by atoms with Crippen molar-refractivity contribution >= 4 is 0 Å². The molecule has 0 bridgehead atoms. The molecule has 1 aliphatic heterocycles. The highest BCUT2D eigenvalue weighted by molar-refractivity contribution is 5.33. The lowest BCUT2D eigenvalue weighted by Gasteiger charge is -2.32. The van der Waals surface area contributed by atoms with Crippen molar-refractivity contribution in [3.05, 3.63) is 42.5 Å². The minimum atomic E-state index is 0.557. The highest BCUT2D eigenvalue weighted by Crippen LogP contribution is 2.18. The summed E-state index contributed by atoms with van der Waals surface area (Å²) >= 11 is 0. The molecule has 0 saturated carbocycles. The second-order valence-electron chi connectivity index (χ2n) is 5.78. The second-order valence-corrected chi connectivity index (χ2v) is 5.78. The standard InChI is InChI=1S/C18H28N2O/c1-3-13-21-18-10-6-5-9-17(18)15-19-14-16(2)20-11-7-4-8-12-20/h3,5-6,9-10,16,19H,1,4,7-8,11-15H2,2H3. The first-order chi connectivity index (χ1) is 10.3. The molecule has 1 heterocycles. The molecule has 1 aromatic rings. The van der Waals surface area contributed by atoms with Crippen molar-refractivity contribution in [2.45, 2.75) is 38.8 Å². The van der Waals surface area contributed by atoms with Crippen LogP contribution >= 0.6 is 0 Å². The van der Waals surface area contributed by atoms with E-state index in [2.05, 4.69) is 35.9 Å². The van der Waals surface area contributed by atoms with E-state index < -0.39 is 0 Å². The fraction of sp³-hybridized carbons (Fsp3) is 0.556. The topological polar surface area (TPSA) is 24.5 Å². The minimum Gasteiger partial charge on any atom is -0.489 e. The molecule has 1 aliphatic rings. The molecule has 0 aromatic heterocycles. The monoisotopic (exact) mass is 288 g/mol. The molecule has 1 saturated heterocycles. The Morgan fingerprint density at radius 1 is 1.29 bits per heavy atom. The van der Waals surface area contributed by atoms with Gasteiger partial charge >= 0.3 is 0 Å². The van der Waals surface area contributed by atoms with Crippen LogP contribution in [-0.4, -0.2) is 37.2 Å². The number of ether oxygens (including phenoxy) is 1. The van der Waals surface area contributed by atoms with E-state index in [1.807, 2.05) is 12.1 Å². The molecule has 2 rings (SSSR count).